The van der Waals surface area contributed by atoms with E-state index in [9.17, 15) is 20.2 Å². The van der Waals surface area contributed by atoms with E-state index in [-0.39, 0.29) is 12.3 Å². The Kier molecular flexibility index (Phi) is 4.56. The topological polar surface area (TPSA) is 106 Å². The maximum absolute atomic E-state index is 11.8. The van der Waals surface area contributed by atoms with Crippen LogP contribution in [-0.2, 0) is 14.9 Å². The average Bonchev–Trinajstić information content (AvgIpc) is 2.37. The third-order valence-corrected chi connectivity index (χ3v) is 2.85. The van der Waals surface area contributed by atoms with Crippen LogP contribution in [0.2, 0.25) is 0 Å². The molecule has 0 fully saturated rings. The summed E-state index contributed by atoms with van der Waals surface area (Å²) in [7, 11) is 0. The molecule has 1 aromatic rings. The zero-order valence-corrected chi connectivity index (χ0v) is 11.8. The van der Waals surface area contributed by atoms with Gasteiger partial charge in [-0.3, -0.25) is 15.1 Å². The summed E-state index contributed by atoms with van der Waals surface area (Å²) in [5.41, 5.74) is -2.47. The Labute approximate surface area is 117 Å². The van der Waals surface area contributed by atoms with E-state index in [1.54, 1.807) is 13.0 Å². The first-order chi connectivity index (χ1) is 8.86. The first-order valence-corrected chi connectivity index (χ1v) is 6.05. The first kappa shape index (κ1) is 15.0. The summed E-state index contributed by atoms with van der Waals surface area (Å²) in [6.45, 7) is 2.90. The third kappa shape index (κ3) is 2.88. The second-order valence-electron chi connectivity index (χ2n) is 3.74. The highest BCUT2D eigenvalue weighted by atomic mass is 79.9. The van der Waals surface area contributed by atoms with E-state index >= 15 is 0 Å². The number of hydrogen-bond donors (Lipinski definition) is 0. The van der Waals surface area contributed by atoms with Gasteiger partial charge >= 0.3 is 5.97 Å². The molecule has 8 heteroatoms. The van der Waals surface area contributed by atoms with E-state index in [0.29, 0.717) is 4.47 Å². The summed E-state index contributed by atoms with van der Waals surface area (Å²) in [4.78, 5) is 26.0. The summed E-state index contributed by atoms with van der Waals surface area (Å²) in [6, 6.07) is 2.93. The number of aromatic nitrogens is 1. The number of nitro groups is 1. The van der Waals surface area contributed by atoms with Crippen molar-refractivity contribution in [2.24, 2.45) is 0 Å². The van der Waals surface area contributed by atoms with Crippen LogP contribution in [-0.4, -0.2) is 22.5 Å². The van der Waals surface area contributed by atoms with Gasteiger partial charge in [0.2, 0.25) is 0 Å². The lowest BCUT2D eigenvalue weighted by Gasteiger charge is -2.18. The van der Waals surface area contributed by atoms with E-state index in [1.807, 2.05) is 0 Å². The Bertz CT molecular complexity index is 570. The lowest BCUT2D eigenvalue weighted by Crippen LogP contribution is -2.34. The van der Waals surface area contributed by atoms with Crippen LogP contribution in [0.5, 0.6) is 0 Å². The van der Waals surface area contributed by atoms with Gasteiger partial charge in [0, 0.05) is 16.7 Å². The molecule has 0 N–H and O–H groups in total. The zero-order chi connectivity index (χ0) is 14.6. The van der Waals surface area contributed by atoms with Gasteiger partial charge in [-0.1, -0.05) is 0 Å². The Balaban J connectivity index is 3.46. The van der Waals surface area contributed by atoms with Crippen molar-refractivity contribution in [1.82, 2.24) is 4.98 Å². The van der Waals surface area contributed by atoms with Gasteiger partial charge in [-0.2, -0.15) is 5.26 Å². The van der Waals surface area contributed by atoms with Gasteiger partial charge in [0.1, 0.15) is 5.69 Å². The Hall–Kier alpha value is -2.01. The van der Waals surface area contributed by atoms with Crippen LogP contribution in [0, 0.1) is 21.4 Å². The van der Waals surface area contributed by atoms with Gasteiger partial charge in [-0.15, -0.1) is 0 Å². The number of carbonyl (C=O) groups excluding carboxylic acids is 1. The fourth-order valence-electron chi connectivity index (χ4n) is 1.42. The van der Waals surface area contributed by atoms with Crippen molar-refractivity contribution in [3.63, 3.8) is 0 Å². The molecule has 1 unspecified atom stereocenters. The van der Waals surface area contributed by atoms with E-state index in [2.05, 4.69) is 20.9 Å². The van der Waals surface area contributed by atoms with Gasteiger partial charge in [0.05, 0.1) is 17.6 Å². The second-order valence-corrected chi connectivity index (χ2v) is 4.65. The molecule has 0 saturated heterocycles. The quantitative estimate of drug-likeness (QED) is 0.476. The molecular formula is C11H10BrN3O4. The van der Waals surface area contributed by atoms with E-state index in [1.165, 1.54) is 19.2 Å². The van der Waals surface area contributed by atoms with Crippen LogP contribution < -0.4 is 0 Å². The fraction of sp³-hybridized carbons (Fsp3) is 0.364. The molecule has 0 aliphatic heterocycles. The summed E-state index contributed by atoms with van der Waals surface area (Å²) < 4.78 is 5.16. The van der Waals surface area contributed by atoms with Crippen molar-refractivity contribution in [3.8, 4) is 6.07 Å². The molecule has 100 valence electrons. The number of rotatable bonds is 4. The maximum atomic E-state index is 11.8. The predicted molar refractivity (Wildman–Crippen MR) is 68.2 cm³/mol. The van der Waals surface area contributed by atoms with E-state index in [4.69, 9.17) is 4.74 Å². The van der Waals surface area contributed by atoms with E-state index < -0.39 is 22.0 Å². The molecular weight excluding hydrogens is 318 g/mol. The van der Waals surface area contributed by atoms with Crippen molar-refractivity contribution in [2.45, 2.75) is 19.3 Å². The molecule has 1 aromatic heterocycles. The minimum atomic E-state index is -1.82. The Morgan fingerprint density at radius 2 is 2.37 bits per heavy atom. The standard InChI is InChI=1S/C11H10BrN3O4/c1-3-19-10(16)11(2,6-13)9-8(15(17)18)4-7(12)5-14-9/h4-5H,3H2,1-2H3. The van der Waals surface area contributed by atoms with Crippen LogP contribution in [0.3, 0.4) is 0 Å². The third-order valence-electron chi connectivity index (χ3n) is 2.41. The number of ether oxygens (including phenoxy) is 1. The van der Waals surface area contributed by atoms with Crippen molar-refractivity contribution in [3.05, 3.63) is 32.5 Å². The molecule has 0 aromatic carbocycles. The number of carbonyl (C=O) groups is 1. The predicted octanol–water partition coefficient (Wildman–Crippen LogP) is 2.10. The summed E-state index contributed by atoms with van der Waals surface area (Å²) in [6.07, 6.45) is 1.29. The smallest absolute Gasteiger partial charge is 0.332 e. The molecule has 0 saturated carbocycles. The highest BCUT2D eigenvalue weighted by Crippen LogP contribution is 2.32. The number of nitrogens with zero attached hydrogens (tertiary/aromatic N) is 3. The maximum Gasteiger partial charge on any atom is 0.332 e. The first-order valence-electron chi connectivity index (χ1n) is 5.25. The van der Waals surface area contributed by atoms with Gasteiger partial charge in [-0.05, 0) is 29.8 Å². The molecule has 0 aliphatic carbocycles. The SMILES string of the molecule is CCOC(=O)C(C)(C#N)c1ncc(Br)cc1[N+](=O)[O-]. The molecule has 0 spiro atoms. The molecule has 0 aliphatic rings. The van der Waals surface area contributed by atoms with Gasteiger partial charge in [0.25, 0.3) is 5.69 Å². The van der Waals surface area contributed by atoms with Crippen molar-refractivity contribution in [1.29, 1.82) is 5.26 Å². The van der Waals surface area contributed by atoms with Gasteiger partial charge < -0.3 is 4.74 Å². The summed E-state index contributed by atoms with van der Waals surface area (Å²) in [5.74, 6) is -0.865. The average molecular weight is 328 g/mol. The van der Waals surface area contributed by atoms with Gasteiger partial charge in [0.15, 0.2) is 5.41 Å². The van der Waals surface area contributed by atoms with E-state index in [0.717, 1.165) is 0 Å². The lowest BCUT2D eigenvalue weighted by atomic mass is 9.87. The van der Waals surface area contributed by atoms with Crippen molar-refractivity contribution < 1.29 is 14.5 Å². The van der Waals surface area contributed by atoms with Crippen LogP contribution in [0.15, 0.2) is 16.7 Å². The van der Waals surface area contributed by atoms with Crippen molar-refractivity contribution in [2.75, 3.05) is 6.61 Å². The summed E-state index contributed by atoms with van der Waals surface area (Å²) >= 11 is 3.06. The molecule has 1 atom stereocenters. The molecule has 1 heterocycles. The highest BCUT2D eigenvalue weighted by molar-refractivity contribution is 9.10. The summed E-state index contributed by atoms with van der Waals surface area (Å²) in [5, 5.41) is 20.2. The molecule has 1 rings (SSSR count). The molecule has 0 radical (unpaired) electrons. The van der Waals surface area contributed by atoms with Crippen molar-refractivity contribution >= 4 is 27.6 Å². The monoisotopic (exact) mass is 327 g/mol. The molecule has 0 amide bonds. The zero-order valence-electron chi connectivity index (χ0n) is 10.2. The number of esters is 1. The number of nitriles is 1. The minimum Gasteiger partial charge on any atom is -0.465 e. The number of halogens is 1. The number of hydrogen-bond acceptors (Lipinski definition) is 6. The molecule has 19 heavy (non-hydrogen) atoms. The van der Waals surface area contributed by atoms with Crippen LogP contribution in [0.4, 0.5) is 5.69 Å². The fourth-order valence-corrected chi connectivity index (χ4v) is 1.74. The number of pyridine rings is 1. The second kappa shape index (κ2) is 5.75. The highest BCUT2D eigenvalue weighted by Gasteiger charge is 2.44. The lowest BCUT2D eigenvalue weighted by molar-refractivity contribution is -0.386. The normalized spacial score (nSPS) is 13.2. The largest absolute Gasteiger partial charge is 0.465 e. The van der Waals surface area contributed by atoms with Gasteiger partial charge in [-0.25, -0.2) is 4.79 Å². The minimum absolute atomic E-state index is 0.0699. The Morgan fingerprint density at radius 1 is 1.74 bits per heavy atom. The van der Waals surface area contributed by atoms with Crippen LogP contribution in [0.1, 0.15) is 19.5 Å². The molecule has 7 nitrogen and oxygen atoms in total. The molecule has 0 bridgehead atoms. The van der Waals surface area contributed by atoms with Crippen LogP contribution in [0.25, 0.3) is 0 Å². The Morgan fingerprint density at radius 3 is 2.84 bits per heavy atom. The van der Waals surface area contributed by atoms with Crippen LogP contribution >= 0.6 is 15.9 Å².